The number of halogens is 2. The van der Waals surface area contributed by atoms with Crippen LogP contribution in [0.15, 0.2) is 48.5 Å². The van der Waals surface area contributed by atoms with E-state index >= 15 is 0 Å². The number of hydrogen-bond acceptors (Lipinski definition) is 3. The van der Waals surface area contributed by atoms with Crippen molar-refractivity contribution in [2.75, 3.05) is 6.54 Å². The van der Waals surface area contributed by atoms with Gasteiger partial charge in [-0.25, -0.2) is 0 Å². The van der Waals surface area contributed by atoms with Crippen LogP contribution in [0.5, 0.6) is 0 Å². The van der Waals surface area contributed by atoms with Crippen LogP contribution >= 0.6 is 23.2 Å². The van der Waals surface area contributed by atoms with E-state index in [-0.39, 0.29) is 13.1 Å². The Labute approximate surface area is 151 Å². The second kappa shape index (κ2) is 8.49. The molecule has 0 aliphatic carbocycles. The summed E-state index contributed by atoms with van der Waals surface area (Å²) >= 11 is 11.9. The number of carbonyl (C=O) groups excluding carboxylic acids is 1. The largest absolute Gasteiger partial charge is 0.392 e. The van der Waals surface area contributed by atoms with Crippen LogP contribution in [0, 0.1) is 0 Å². The molecule has 0 spiro atoms. The highest BCUT2D eigenvalue weighted by Gasteiger charge is 2.25. The predicted octanol–water partition coefficient (Wildman–Crippen LogP) is 3.44. The van der Waals surface area contributed by atoms with E-state index in [9.17, 15) is 15.0 Å². The van der Waals surface area contributed by atoms with Crippen LogP contribution in [-0.2, 0) is 11.3 Å². The molecule has 6 heteroatoms. The zero-order valence-electron chi connectivity index (χ0n) is 13.2. The number of benzene rings is 2. The van der Waals surface area contributed by atoms with Crippen molar-refractivity contribution in [2.45, 2.75) is 25.7 Å². The van der Waals surface area contributed by atoms with Gasteiger partial charge in [0.2, 0.25) is 0 Å². The maximum Gasteiger partial charge on any atom is 0.256 e. The second-order valence-electron chi connectivity index (χ2n) is 5.66. The topological polar surface area (TPSA) is 60.8 Å². The molecule has 2 unspecified atom stereocenters. The van der Waals surface area contributed by atoms with Crippen LogP contribution < -0.4 is 0 Å². The monoisotopic (exact) mass is 367 g/mol. The van der Waals surface area contributed by atoms with Crippen molar-refractivity contribution in [1.29, 1.82) is 0 Å². The van der Waals surface area contributed by atoms with Crippen LogP contribution in [0.1, 0.15) is 24.2 Å². The first kappa shape index (κ1) is 18.7. The highest BCUT2D eigenvalue weighted by molar-refractivity contribution is 6.34. The molecule has 128 valence electrons. The maximum absolute atomic E-state index is 12.7. The van der Waals surface area contributed by atoms with Gasteiger partial charge >= 0.3 is 0 Å². The van der Waals surface area contributed by atoms with Crippen LogP contribution in [0.25, 0.3) is 0 Å². The summed E-state index contributed by atoms with van der Waals surface area (Å²) in [5.41, 5.74) is 1.23. The van der Waals surface area contributed by atoms with Gasteiger partial charge < -0.3 is 15.1 Å². The molecule has 0 heterocycles. The molecule has 4 nitrogen and oxygen atoms in total. The highest BCUT2D eigenvalue weighted by Crippen LogP contribution is 2.25. The number of aliphatic hydroxyl groups excluding tert-OH is 2. The van der Waals surface area contributed by atoms with E-state index in [0.717, 1.165) is 5.56 Å². The molecule has 2 rings (SSSR count). The molecule has 0 bridgehead atoms. The summed E-state index contributed by atoms with van der Waals surface area (Å²) in [4.78, 5) is 14.1. The average molecular weight is 368 g/mol. The minimum absolute atomic E-state index is 0.110. The van der Waals surface area contributed by atoms with E-state index in [4.69, 9.17) is 23.2 Å². The standard InChI is InChI=1S/C18H19Cl2NO3/c1-12(22)10-21(11-13-5-3-2-4-6-13)18(24)17(23)14-7-15(19)9-16(20)8-14/h2-9,12,17,22-23H,10-11H2,1H3. The minimum atomic E-state index is -1.40. The summed E-state index contributed by atoms with van der Waals surface area (Å²) in [7, 11) is 0. The normalized spacial score (nSPS) is 13.4. The fourth-order valence-electron chi connectivity index (χ4n) is 2.40. The first-order valence-electron chi connectivity index (χ1n) is 7.51. The Morgan fingerprint density at radius 1 is 1.08 bits per heavy atom. The van der Waals surface area contributed by atoms with Gasteiger partial charge in [0.1, 0.15) is 0 Å². The molecular weight excluding hydrogens is 349 g/mol. The molecule has 0 aromatic heterocycles. The van der Waals surface area contributed by atoms with Crippen molar-refractivity contribution in [1.82, 2.24) is 4.90 Å². The summed E-state index contributed by atoms with van der Waals surface area (Å²) in [5.74, 6) is -0.516. The van der Waals surface area contributed by atoms with Crippen molar-refractivity contribution in [3.8, 4) is 0 Å². The van der Waals surface area contributed by atoms with Gasteiger partial charge in [-0.3, -0.25) is 4.79 Å². The smallest absolute Gasteiger partial charge is 0.256 e. The summed E-state index contributed by atoms with van der Waals surface area (Å²) in [5, 5.41) is 20.8. The Balaban J connectivity index is 2.22. The molecule has 0 saturated heterocycles. The lowest BCUT2D eigenvalue weighted by Crippen LogP contribution is -2.39. The van der Waals surface area contributed by atoms with E-state index in [2.05, 4.69) is 0 Å². The summed E-state index contributed by atoms with van der Waals surface area (Å²) in [6, 6.07) is 13.9. The molecule has 24 heavy (non-hydrogen) atoms. The van der Waals surface area contributed by atoms with Crippen LogP contribution in [0.3, 0.4) is 0 Å². The fourth-order valence-corrected chi connectivity index (χ4v) is 2.95. The van der Waals surface area contributed by atoms with Gasteiger partial charge in [0, 0.05) is 23.1 Å². The van der Waals surface area contributed by atoms with Crippen LogP contribution in [-0.4, -0.2) is 33.7 Å². The van der Waals surface area contributed by atoms with E-state index in [1.165, 1.54) is 23.1 Å². The summed E-state index contributed by atoms with van der Waals surface area (Å²) in [6.45, 7) is 1.99. The third-order valence-corrected chi connectivity index (χ3v) is 3.88. The Morgan fingerprint density at radius 2 is 1.67 bits per heavy atom. The minimum Gasteiger partial charge on any atom is -0.392 e. The van der Waals surface area contributed by atoms with E-state index in [1.54, 1.807) is 6.92 Å². The lowest BCUT2D eigenvalue weighted by Gasteiger charge is -2.27. The highest BCUT2D eigenvalue weighted by atomic mass is 35.5. The molecule has 1 amide bonds. The molecule has 2 N–H and O–H groups in total. The van der Waals surface area contributed by atoms with Crippen molar-refractivity contribution in [2.24, 2.45) is 0 Å². The maximum atomic E-state index is 12.7. The third kappa shape index (κ3) is 5.21. The lowest BCUT2D eigenvalue weighted by atomic mass is 10.1. The average Bonchev–Trinajstić information content (AvgIpc) is 2.52. The Morgan fingerprint density at radius 3 is 2.21 bits per heavy atom. The van der Waals surface area contributed by atoms with Gasteiger partial charge in [0.05, 0.1) is 6.10 Å². The SMILES string of the molecule is CC(O)CN(Cc1ccccc1)C(=O)C(O)c1cc(Cl)cc(Cl)c1. The summed E-state index contributed by atoms with van der Waals surface area (Å²) in [6.07, 6.45) is -2.11. The van der Waals surface area contributed by atoms with Crippen molar-refractivity contribution in [3.63, 3.8) is 0 Å². The number of rotatable bonds is 6. The van der Waals surface area contributed by atoms with Gasteiger partial charge in [0.15, 0.2) is 6.10 Å². The quantitative estimate of drug-likeness (QED) is 0.821. The third-order valence-electron chi connectivity index (χ3n) is 3.45. The van der Waals surface area contributed by atoms with Crippen molar-refractivity contribution < 1.29 is 15.0 Å². The Kier molecular flexibility index (Phi) is 6.63. The Hall–Kier alpha value is -1.59. The molecule has 0 aliphatic heterocycles. The van der Waals surface area contributed by atoms with Gasteiger partial charge in [-0.05, 0) is 36.2 Å². The molecule has 0 aliphatic rings. The zero-order valence-corrected chi connectivity index (χ0v) is 14.7. The molecule has 0 fully saturated rings. The lowest BCUT2D eigenvalue weighted by molar-refractivity contribution is -0.142. The Bertz CT molecular complexity index is 672. The molecule has 0 radical (unpaired) electrons. The zero-order chi connectivity index (χ0) is 17.7. The van der Waals surface area contributed by atoms with Gasteiger partial charge in [-0.15, -0.1) is 0 Å². The van der Waals surface area contributed by atoms with E-state index in [0.29, 0.717) is 15.6 Å². The van der Waals surface area contributed by atoms with Crippen molar-refractivity contribution in [3.05, 3.63) is 69.7 Å². The van der Waals surface area contributed by atoms with Gasteiger partial charge in [0.25, 0.3) is 5.91 Å². The predicted molar refractivity (Wildman–Crippen MR) is 95.0 cm³/mol. The first-order valence-corrected chi connectivity index (χ1v) is 8.27. The second-order valence-corrected chi connectivity index (χ2v) is 6.53. The number of hydrogen-bond donors (Lipinski definition) is 2. The van der Waals surface area contributed by atoms with E-state index in [1.807, 2.05) is 30.3 Å². The van der Waals surface area contributed by atoms with Crippen LogP contribution in [0.2, 0.25) is 10.0 Å². The first-order chi connectivity index (χ1) is 11.4. The molecule has 0 saturated carbocycles. The molecule has 2 aromatic carbocycles. The van der Waals surface area contributed by atoms with Crippen molar-refractivity contribution >= 4 is 29.1 Å². The van der Waals surface area contributed by atoms with Gasteiger partial charge in [-0.2, -0.15) is 0 Å². The van der Waals surface area contributed by atoms with E-state index < -0.39 is 18.1 Å². The summed E-state index contributed by atoms with van der Waals surface area (Å²) < 4.78 is 0. The fraction of sp³-hybridized carbons (Fsp3) is 0.278. The number of nitrogens with zero attached hydrogens (tertiary/aromatic N) is 1. The number of aliphatic hydroxyl groups is 2. The number of amides is 1. The number of carbonyl (C=O) groups is 1. The molecular formula is C18H19Cl2NO3. The molecule has 2 aromatic rings. The van der Waals surface area contributed by atoms with Crippen LogP contribution in [0.4, 0.5) is 0 Å². The van der Waals surface area contributed by atoms with Gasteiger partial charge in [-0.1, -0.05) is 53.5 Å². The molecule has 2 atom stereocenters.